The van der Waals surface area contributed by atoms with Crippen LogP contribution >= 0.6 is 0 Å². The third-order valence-corrected chi connectivity index (χ3v) is 5.87. The van der Waals surface area contributed by atoms with Crippen molar-refractivity contribution in [1.29, 1.82) is 0 Å². The van der Waals surface area contributed by atoms with Gasteiger partial charge in [0.2, 0.25) is 0 Å². The molecule has 7 nitrogen and oxygen atoms in total. The molecule has 0 bridgehead atoms. The number of aromatic nitrogens is 4. The van der Waals surface area contributed by atoms with Crippen molar-refractivity contribution in [2.75, 3.05) is 38.2 Å². The highest BCUT2D eigenvalue weighted by Gasteiger charge is 2.20. The summed E-state index contributed by atoms with van der Waals surface area (Å²) in [7, 11) is 1.66. The Hall–Kier alpha value is -3.06. The summed E-state index contributed by atoms with van der Waals surface area (Å²) in [6.07, 6.45) is 0. The molecule has 1 saturated heterocycles. The average molecular weight is 390 g/mol. The van der Waals surface area contributed by atoms with Gasteiger partial charge in [-0.25, -0.2) is 4.98 Å². The van der Waals surface area contributed by atoms with Crippen LogP contribution in [0.1, 0.15) is 13.8 Å². The number of ether oxygens (including phenoxy) is 1. The van der Waals surface area contributed by atoms with Crippen molar-refractivity contribution >= 4 is 27.6 Å². The van der Waals surface area contributed by atoms with Crippen LogP contribution < -0.4 is 9.64 Å². The third kappa shape index (κ3) is 3.21. The maximum atomic E-state index is 5.30. The predicted molar refractivity (Wildman–Crippen MR) is 117 cm³/mol. The number of H-pyrrole nitrogens is 2. The first-order valence-corrected chi connectivity index (χ1v) is 10.1. The summed E-state index contributed by atoms with van der Waals surface area (Å²) in [5.41, 5.74) is 4.99. The van der Waals surface area contributed by atoms with Gasteiger partial charge in [0.25, 0.3) is 0 Å². The maximum absolute atomic E-state index is 5.30. The van der Waals surface area contributed by atoms with Gasteiger partial charge in [-0.1, -0.05) is 0 Å². The van der Waals surface area contributed by atoms with Gasteiger partial charge >= 0.3 is 0 Å². The Kier molecular flexibility index (Phi) is 4.39. The Morgan fingerprint density at radius 1 is 1.00 bits per heavy atom. The van der Waals surface area contributed by atoms with Crippen molar-refractivity contribution in [3.05, 3.63) is 36.4 Å². The molecule has 7 heteroatoms. The van der Waals surface area contributed by atoms with Crippen LogP contribution in [-0.2, 0) is 0 Å². The van der Waals surface area contributed by atoms with Gasteiger partial charge in [0.15, 0.2) is 5.82 Å². The number of hydrogen-bond donors (Lipinski definition) is 2. The van der Waals surface area contributed by atoms with E-state index in [0.29, 0.717) is 6.04 Å². The molecular formula is C22H26N6O. The summed E-state index contributed by atoms with van der Waals surface area (Å²) in [5, 5.41) is 8.59. The molecule has 0 aliphatic carbocycles. The molecule has 2 aromatic heterocycles. The Morgan fingerprint density at radius 2 is 1.83 bits per heavy atom. The molecule has 1 aliphatic heterocycles. The van der Waals surface area contributed by atoms with E-state index in [1.807, 2.05) is 18.2 Å². The average Bonchev–Trinajstić information content (AvgIpc) is 3.36. The first kappa shape index (κ1) is 18.0. The van der Waals surface area contributed by atoms with Gasteiger partial charge in [0.1, 0.15) is 11.4 Å². The molecule has 0 amide bonds. The minimum Gasteiger partial charge on any atom is -0.497 e. The second-order valence-corrected chi connectivity index (χ2v) is 7.89. The Labute approximate surface area is 169 Å². The number of rotatable bonds is 4. The van der Waals surface area contributed by atoms with Crippen LogP contribution in [0.4, 0.5) is 5.69 Å². The van der Waals surface area contributed by atoms with Gasteiger partial charge in [-0.2, -0.15) is 5.10 Å². The Balaban J connectivity index is 1.44. The highest BCUT2D eigenvalue weighted by molar-refractivity contribution is 5.94. The van der Waals surface area contributed by atoms with Crippen molar-refractivity contribution < 1.29 is 4.74 Å². The molecule has 1 fully saturated rings. The second-order valence-electron chi connectivity index (χ2n) is 7.89. The molecule has 0 saturated carbocycles. The monoisotopic (exact) mass is 390 g/mol. The molecule has 0 radical (unpaired) electrons. The first-order valence-electron chi connectivity index (χ1n) is 10.1. The topological polar surface area (TPSA) is 73.1 Å². The highest BCUT2D eigenvalue weighted by Crippen LogP contribution is 2.30. The van der Waals surface area contributed by atoms with Crippen LogP contribution in [0.2, 0.25) is 0 Å². The number of anilines is 1. The van der Waals surface area contributed by atoms with Crippen molar-refractivity contribution in [3.63, 3.8) is 0 Å². The highest BCUT2D eigenvalue weighted by atomic mass is 16.5. The van der Waals surface area contributed by atoms with Crippen LogP contribution in [0, 0.1) is 0 Å². The van der Waals surface area contributed by atoms with Crippen molar-refractivity contribution in [3.8, 4) is 17.3 Å². The molecule has 2 N–H and O–H groups in total. The number of aromatic amines is 2. The van der Waals surface area contributed by atoms with E-state index < -0.39 is 0 Å². The molecule has 4 aromatic rings. The van der Waals surface area contributed by atoms with Gasteiger partial charge in [-0.05, 0) is 44.2 Å². The number of methoxy groups -OCH3 is 1. The lowest BCUT2D eigenvalue weighted by Crippen LogP contribution is -2.48. The second kappa shape index (κ2) is 7.08. The summed E-state index contributed by atoms with van der Waals surface area (Å²) in [6, 6.07) is 13.0. The van der Waals surface area contributed by atoms with Gasteiger partial charge in [-0.15, -0.1) is 0 Å². The minimum absolute atomic E-state index is 0.610. The number of fused-ring (bicyclic) bond motifs is 2. The number of piperazine rings is 1. The van der Waals surface area contributed by atoms with Crippen LogP contribution in [0.5, 0.6) is 5.75 Å². The lowest BCUT2D eigenvalue weighted by molar-refractivity contribution is 0.209. The van der Waals surface area contributed by atoms with Gasteiger partial charge in [0, 0.05) is 49.4 Å². The molecular weight excluding hydrogens is 364 g/mol. The molecule has 0 spiro atoms. The van der Waals surface area contributed by atoms with E-state index in [-0.39, 0.29) is 0 Å². The number of imidazole rings is 1. The predicted octanol–water partition coefficient (Wildman–Crippen LogP) is 3.65. The fourth-order valence-corrected chi connectivity index (χ4v) is 4.11. The van der Waals surface area contributed by atoms with E-state index in [0.717, 1.165) is 65.4 Å². The normalized spacial score (nSPS) is 15.7. The molecule has 29 heavy (non-hydrogen) atoms. The fourth-order valence-electron chi connectivity index (χ4n) is 4.11. The SMILES string of the molecule is COc1ccc2c(-c3nc4ccc(N5CCN(C(C)C)CC5)cc4[nH]3)n[nH]c2c1. The Morgan fingerprint density at radius 3 is 2.59 bits per heavy atom. The number of nitrogens with zero attached hydrogens (tertiary/aromatic N) is 4. The van der Waals surface area contributed by atoms with Crippen molar-refractivity contribution in [2.45, 2.75) is 19.9 Å². The summed E-state index contributed by atoms with van der Waals surface area (Å²) in [6.45, 7) is 8.84. The van der Waals surface area contributed by atoms with Crippen LogP contribution in [-0.4, -0.2) is 64.4 Å². The van der Waals surface area contributed by atoms with Crippen LogP contribution in [0.15, 0.2) is 36.4 Å². The fraction of sp³-hybridized carbons (Fsp3) is 0.364. The quantitative estimate of drug-likeness (QED) is 0.557. The summed E-state index contributed by atoms with van der Waals surface area (Å²) in [5.74, 6) is 1.58. The summed E-state index contributed by atoms with van der Waals surface area (Å²) < 4.78 is 5.30. The van der Waals surface area contributed by atoms with Crippen LogP contribution in [0.3, 0.4) is 0 Å². The molecule has 2 aromatic carbocycles. The van der Waals surface area contributed by atoms with Crippen molar-refractivity contribution in [1.82, 2.24) is 25.1 Å². The summed E-state index contributed by atoms with van der Waals surface area (Å²) >= 11 is 0. The third-order valence-electron chi connectivity index (χ3n) is 5.87. The molecule has 1 aliphatic rings. The first-order chi connectivity index (χ1) is 14.1. The molecule has 150 valence electrons. The summed E-state index contributed by atoms with van der Waals surface area (Å²) in [4.78, 5) is 13.2. The number of hydrogen-bond acceptors (Lipinski definition) is 5. The maximum Gasteiger partial charge on any atom is 0.159 e. The van der Waals surface area contributed by atoms with Gasteiger partial charge in [-0.3, -0.25) is 10.00 Å². The molecule has 0 atom stereocenters. The van der Waals surface area contributed by atoms with E-state index in [1.165, 1.54) is 5.69 Å². The van der Waals surface area contributed by atoms with E-state index in [9.17, 15) is 0 Å². The zero-order valence-corrected chi connectivity index (χ0v) is 17.1. The number of benzene rings is 2. The lowest BCUT2D eigenvalue weighted by Gasteiger charge is -2.38. The largest absolute Gasteiger partial charge is 0.497 e. The zero-order chi connectivity index (χ0) is 20.0. The van der Waals surface area contributed by atoms with Crippen molar-refractivity contribution in [2.24, 2.45) is 0 Å². The van der Waals surface area contributed by atoms with E-state index in [2.05, 4.69) is 57.0 Å². The molecule has 5 rings (SSSR count). The van der Waals surface area contributed by atoms with Gasteiger partial charge < -0.3 is 14.6 Å². The zero-order valence-electron chi connectivity index (χ0n) is 17.1. The van der Waals surface area contributed by atoms with E-state index >= 15 is 0 Å². The standard InChI is InChI=1S/C22H26N6O/c1-14(2)27-8-10-28(11-9-27)15-4-7-18-20(12-15)24-22(23-18)21-17-6-5-16(29-3)13-19(17)25-26-21/h4-7,12-14H,8-11H2,1-3H3,(H,23,24)(H,25,26). The van der Waals surface area contributed by atoms with E-state index in [4.69, 9.17) is 9.72 Å². The minimum atomic E-state index is 0.610. The lowest BCUT2D eigenvalue weighted by atomic mass is 10.2. The number of nitrogens with one attached hydrogen (secondary N) is 2. The van der Waals surface area contributed by atoms with Crippen LogP contribution in [0.25, 0.3) is 33.5 Å². The molecule has 0 unspecified atom stereocenters. The van der Waals surface area contributed by atoms with Gasteiger partial charge in [0.05, 0.1) is 23.7 Å². The molecule has 3 heterocycles. The smallest absolute Gasteiger partial charge is 0.159 e. The Bertz CT molecular complexity index is 1150. The van der Waals surface area contributed by atoms with E-state index in [1.54, 1.807) is 7.11 Å².